The molecule has 0 amide bonds. The molecule has 0 spiro atoms. The molecule has 1 aromatic heterocycles. The first-order valence-electron chi connectivity index (χ1n) is 6.92. The largest absolute Gasteiger partial charge is 0.478 e. The Morgan fingerprint density at radius 1 is 1.65 bits per heavy atom. The van der Waals surface area contributed by atoms with Crippen LogP contribution >= 0.6 is 11.3 Å². The van der Waals surface area contributed by atoms with E-state index < -0.39 is 5.97 Å². The summed E-state index contributed by atoms with van der Waals surface area (Å²) in [6.07, 6.45) is 5.46. The van der Waals surface area contributed by atoms with Crippen molar-refractivity contribution in [3.63, 3.8) is 0 Å². The van der Waals surface area contributed by atoms with Crippen LogP contribution in [0.2, 0.25) is 0 Å². The van der Waals surface area contributed by atoms with Gasteiger partial charge in [-0.05, 0) is 56.6 Å². The van der Waals surface area contributed by atoms with Crippen molar-refractivity contribution in [3.8, 4) is 0 Å². The van der Waals surface area contributed by atoms with Gasteiger partial charge in [-0.15, -0.1) is 11.3 Å². The lowest BCUT2D eigenvalue weighted by atomic mass is 10.2. The van der Waals surface area contributed by atoms with Gasteiger partial charge in [0, 0.05) is 30.1 Å². The van der Waals surface area contributed by atoms with Gasteiger partial charge in [-0.2, -0.15) is 0 Å². The number of carbonyl (C=O) groups is 1. The lowest BCUT2D eigenvalue weighted by Gasteiger charge is -2.25. The van der Waals surface area contributed by atoms with Gasteiger partial charge in [0.25, 0.3) is 0 Å². The number of likely N-dealkylation sites (N-methyl/N-ethyl adjacent to an activating group) is 2. The molecule has 1 N–H and O–H groups in total. The summed E-state index contributed by atoms with van der Waals surface area (Å²) >= 11 is 1.69. The van der Waals surface area contributed by atoms with Crippen molar-refractivity contribution in [2.45, 2.75) is 25.4 Å². The van der Waals surface area contributed by atoms with Crippen molar-refractivity contribution < 1.29 is 9.90 Å². The van der Waals surface area contributed by atoms with E-state index in [2.05, 4.69) is 23.9 Å². The second-order valence-corrected chi connectivity index (χ2v) is 6.44. The van der Waals surface area contributed by atoms with E-state index in [9.17, 15) is 4.79 Å². The van der Waals surface area contributed by atoms with E-state index in [0.717, 1.165) is 18.7 Å². The Kier molecular flexibility index (Phi) is 5.34. The van der Waals surface area contributed by atoms with Crippen LogP contribution < -0.4 is 0 Å². The molecule has 20 heavy (non-hydrogen) atoms. The molecule has 110 valence electrons. The van der Waals surface area contributed by atoms with E-state index in [4.69, 9.17) is 5.11 Å². The Morgan fingerprint density at radius 2 is 2.45 bits per heavy atom. The van der Waals surface area contributed by atoms with Gasteiger partial charge in [-0.25, -0.2) is 4.79 Å². The molecule has 5 heteroatoms. The van der Waals surface area contributed by atoms with E-state index in [1.54, 1.807) is 17.4 Å². The lowest BCUT2D eigenvalue weighted by molar-refractivity contribution is -0.131. The summed E-state index contributed by atoms with van der Waals surface area (Å²) in [5, 5.41) is 10.7. The molecule has 1 aliphatic heterocycles. The fourth-order valence-electron chi connectivity index (χ4n) is 2.67. The average molecular weight is 294 g/mol. The highest BCUT2D eigenvalue weighted by Crippen LogP contribution is 2.21. The summed E-state index contributed by atoms with van der Waals surface area (Å²) in [5.41, 5.74) is 1.02. The molecule has 1 aromatic rings. The highest BCUT2D eigenvalue weighted by Gasteiger charge is 2.22. The minimum absolute atomic E-state index is 0.651. The summed E-state index contributed by atoms with van der Waals surface area (Å²) in [5.74, 6) is -0.900. The summed E-state index contributed by atoms with van der Waals surface area (Å²) in [4.78, 5) is 16.6. The minimum Gasteiger partial charge on any atom is -0.478 e. The standard InChI is InChI=1S/C15H22N2O2S/c1-16(10-13-4-3-8-17(13)2)11-14-12(7-9-20-14)5-6-15(18)19/h5-7,9,13H,3-4,8,10-11H2,1-2H3,(H,18,19). The smallest absolute Gasteiger partial charge is 0.328 e. The zero-order valence-corrected chi connectivity index (χ0v) is 12.9. The molecule has 1 fully saturated rings. The molecule has 0 radical (unpaired) electrons. The zero-order chi connectivity index (χ0) is 14.5. The van der Waals surface area contributed by atoms with Crippen molar-refractivity contribution in [2.75, 3.05) is 27.2 Å². The third kappa shape index (κ3) is 4.16. The summed E-state index contributed by atoms with van der Waals surface area (Å²) in [6.45, 7) is 3.14. The van der Waals surface area contributed by atoms with Crippen LogP contribution in [0.1, 0.15) is 23.3 Å². The number of carboxylic acid groups (broad SMARTS) is 1. The molecule has 1 aliphatic rings. The third-order valence-corrected chi connectivity index (χ3v) is 4.71. The fourth-order valence-corrected chi connectivity index (χ4v) is 3.61. The maximum Gasteiger partial charge on any atom is 0.328 e. The summed E-state index contributed by atoms with van der Waals surface area (Å²) in [7, 11) is 4.33. The van der Waals surface area contributed by atoms with Crippen molar-refractivity contribution >= 4 is 23.4 Å². The quantitative estimate of drug-likeness (QED) is 0.818. The Morgan fingerprint density at radius 3 is 3.10 bits per heavy atom. The molecule has 1 saturated heterocycles. The van der Waals surface area contributed by atoms with Gasteiger partial charge in [0.1, 0.15) is 0 Å². The number of hydrogen-bond donors (Lipinski definition) is 1. The predicted molar refractivity (Wildman–Crippen MR) is 83.0 cm³/mol. The predicted octanol–water partition coefficient (Wildman–Crippen LogP) is 2.37. The van der Waals surface area contributed by atoms with Gasteiger partial charge in [0.05, 0.1) is 0 Å². The van der Waals surface area contributed by atoms with Gasteiger partial charge in [-0.1, -0.05) is 0 Å². The average Bonchev–Trinajstić information content (AvgIpc) is 2.97. The SMILES string of the molecule is CN(Cc1sccc1C=CC(=O)O)CC1CCCN1C. The van der Waals surface area contributed by atoms with Crippen LogP contribution in [0.5, 0.6) is 0 Å². The van der Waals surface area contributed by atoms with Gasteiger partial charge in [0.2, 0.25) is 0 Å². The van der Waals surface area contributed by atoms with Crippen molar-refractivity contribution in [3.05, 3.63) is 28.0 Å². The molecule has 0 saturated carbocycles. The monoisotopic (exact) mass is 294 g/mol. The molecule has 4 nitrogen and oxygen atoms in total. The molecule has 1 unspecified atom stereocenters. The van der Waals surface area contributed by atoms with Crippen LogP contribution in [0.4, 0.5) is 0 Å². The van der Waals surface area contributed by atoms with E-state index in [1.165, 1.54) is 30.3 Å². The first-order valence-corrected chi connectivity index (χ1v) is 7.80. The molecular formula is C15H22N2O2S. The van der Waals surface area contributed by atoms with Crippen LogP contribution in [-0.4, -0.2) is 54.1 Å². The topological polar surface area (TPSA) is 43.8 Å². The van der Waals surface area contributed by atoms with Gasteiger partial charge < -0.3 is 10.0 Å². The van der Waals surface area contributed by atoms with E-state index in [0.29, 0.717) is 6.04 Å². The second kappa shape index (κ2) is 7.02. The number of thiophene rings is 1. The van der Waals surface area contributed by atoms with Crippen molar-refractivity contribution in [1.29, 1.82) is 0 Å². The highest BCUT2D eigenvalue weighted by atomic mass is 32.1. The van der Waals surface area contributed by atoms with Gasteiger partial charge in [0.15, 0.2) is 0 Å². The zero-order valence-electron chi connectivity index (χ0n) is 12.1. The Balaban J connectivity index is 1.92. The normalized spacial score (nSPS) is 20.2. The molecule has 1 atom stereocenters. The Hall–Kier alpha value is -1.17. The first kappa shape index (κ1) is 15.2. The highest BCUT2D eigenvalue weighted by molar-refractivity contribution is 7.10. The van der Waals surface area contributed by atoms with E-state index in [-0.39, 0.29) is 0 Å². The molecular weight excluding hydrogens is 272 g/mol. The third-order valence-electron chi connectivity index (χ3n) is 3.79. The van der Waals surface area contributed by atoms with Crippen LogP contribution in [0.3, 0.4) is 0 Å². The number of likely N-dealkylation sites (tertiary alicyclic amines) is 1. The van der Waals surface area contributed by atoms with Gasteiger partial charge in [-0.3, -0.25) is 4.90 Å². The first-order chi connectivity index (χ1) is 9.56. The maximum atomic E-state index is 10.6. The Bertz CT molecular complexity index is 484. The summed E-state index contributed by atoms with van der Waals surface area (Å²) in [6, 6.07) is 2.63. The van der Waals surface area contributed by atoms with Crippen molar-refractivity contribution in [1.82, 2.24) is 9.80 Å². The second-order valence-electron chi connectivity index (χ2n) is 5.44. The minimum atomic E-state index is -0.900. The molecule has 0 aromatic carbocycles. The summed E-state index contributed by atoms with van der Waals surface area (Å²) < 4.78 is 0. The number of rotatable bonds is 6. The molecule has 0 bridgehead atoms. The number of hydrogen-bond acceptors (Lipinski definition) is 4. The van der Waals surface area contributed by atoms with Crippen LogP contribution in [-0.2, 0) is 11.3 Å². The van der Waals surface area contributed by atoms with Crippen LogP contribution in [0.25, 0.3) is 6.08 Å². The number of nitrogens with zero attached hydrogens (tertiary/aromatic N) is 2. The van der Waals surface area contributed by atoms with Gasteiger partial charge >= 0.3 is 5.97 Å². The number of carboxylic acids is 1. The van der Waals surface area contributed by atoms with E-state index in [1.807, 2.05) is 11.4 Å². The number of aliphatic carboxylic acids is 1. The lowest BCUT2D eigenvalue weighted by Crippen LogP contribution is -2.36. The van der Waals surface area contributed by atoms with Crippen molar-refractivity contribution in [2.24, 2.45) is 0 Å². The maximum absolute atomic E-state index is 10.6. The molecule has 2 heterocycles. The van der Waals surface area contributed by atoms with Crippen LogP contribution in [0.15, 0.2) is 17.5 Å². The van der Waals surface area contributed by atoms with Crippen LogP contribution in [0, 0.1) is 0 Å². The molecule has 0 aliphatic carbocycles. The molecule has 2 rings (SSSR count). The van der Waals surface area contributed by atoms with E-state index >= 15 is 0 Å². The fraction of sp³-hybridized carbons (Fsp3) is 0.533. The Labute approximate surface area is 124 Å².